The minimum absolute atomic E-state index is 0.141. The molecule has 8 heteroatoms. The summed E-state index contributed by atoms with van der Waals surface area (Å²) in [6.45, 7) is 0. The second-order valence-corrected chi connectivity index (χ2v) is 6.06. The highest BCUT2D eigenvalue weighted by Gasteiger charge is 2.48. The maximum atomic E-state index is 13.5. The van der Waals surface area contributed by atoms with Crippen LogP contribution in [0.3, 0.4) is 0 Å². The van der Waals surface area contributed by atoms with E-state index in [1.54, 1.807) is 0 Å². The molecule has 4 nitrogen and oxygen atoms in total. The first-order chi connectivity index (χ1) is 11.9. The van der Waals surface area contributed by atoms with E-state index in [0.29, 0.717) is 5.69 Å². The molecule has 2 unspecified atom stereocenters. The van der Waals surface area contributed by atoms with Crippen LogP contribution in [0.15, 0.2) is 36.4 Å². The average molecular weight is 369 g/mol. The number of para-hydroxylation sites is 1. The Hall–Kier alpha value is -2.54. The number of halogens is 4. The van der Waals surface area contributed by atoms with E-state index in [1.165, 1.54) is 18.2 Å². The van der Waals surface area contributed by atoms with Gasteiger partial charge in [-0.2, -0.15) is 0 Å². The van der Waals surface area contributed by atoms with Gasteiger partial charge in [-0.05, 0) is 36.8 Å². The van der Waals surface area contributed by atoms with Crippen molar-refractivity contribution in [3.63, 3.8) is 0 Å². The minimum atomic E-state index is -0.893. The number of hydrogen-bond acceptors (Lipinski definition) is 2. The first-order valence-corrected chi connectivity index (χ1v) is 7.75. The van der Waals surface area contributed by atoms with Gasteiger partial charge in [-0.1, -0.05) is 17.7 Å². The fourth-order valence-corrected chi connectivity index (χ4v) is 2.60. The third kappa shape index (κ3) is 3.76. The van der Waals surface area contributed by atoms with Gasteiger partial charge in [0.2, 0.25) is 11.8 Å². The van der Waals surface area contributed by atoms with Crippen LogP contribution in [-0.4, -0.2) is 11.8 Å². The first kappa shape index (κ1) is 17.3. The molecule has 0 radical (unpaired) electrons. The smallest absolute Gasteiger partial charge is 0.228 e. The van der Waals surface area contributed by atoms with E-state index in [0.717, 1.165) is 18.2 Å². The van der Waals surface area contributed by atoms with Crippen LogP contribution in [-0.2, 0) is 9.59 Å². The van der Waals surface area contributed by atoms with Crippen molar-refractivity contribution in [3.05, 3.63) is 58.9 Å². The third-order valence-electron chi connectivity index (χ3n) is 3.86. The standard InChI is InChI=1S/C17H12ClF3N2O2/c18-11-6-8(4-5-12(11)19)22-16(24)9-7-10(9)17(25)23-15-13(20)2-1-3-14(15)21/h1-6,9-10H,7H2,(H,22,24)(H,23,25). The maximum absolute atomic E-state index is 13.5. The number of anilines is 2. The lowest BCUT2D eigenvalue weighted by atomic mass is 10.2. The molecule has 0 spiro atoms. The van der Waals surface area contributed by atoms with E-state index < -0.39 is 46.8 Å². The Kier molecular flexibility index (Phi) is 4.67. The molecule has 2 amide bonds. The van der Waals surface area contributed by atoms with Gasteiger partial charge < -0.3 is 10.6 Å². The van der Waals surface area contributed by atoms with Crippen LogP contribution in [0.25, 0.3) is 0 Å². The molecule has 0 aromatic heterocycles. The second-order valence-electron chi connectivity index (χ2n) is 5.65. The summed E-state index contributed by atoms with van der Waals surface area (Å²) < 4.78 is 40.2. The zero-order chi connectivity index (χ0) is 18.1. The van der Waals surface area contributed by atoms with Gasteiger partial charge in [0.15, 0.2) is 0 Å². The van der Waals surface area contributed by atoms with E-state index in [4.69, 9.17) is 11.6 Å². The molecule has 25 heavy (non-hydrogen) atoms. The Balaban J connectivity index is 1.60. The molecule has 1 saturated carbocycles. The molecule has 1 aliphatic rings. The Morgan fingerprint density at radius 3 is 2.12 bits per heavy atom. The van der Waals surface area contributed by atoms with Gasteiger partial charge in [-0.25, -0.2) is 13.2 Å². The molecule has 3 rings (SSSR count). The molecule has 2 atom stereocenters. The van der Waals surface area contributed by atoms with E-state index in [9.17, 15) is 22.8 Å². The highest BCUT2D eigenvalue weighted by molar-refractivity contribution is 6.31. The van der Waals surface area contributed by atoms with Crippen LogP contribution in [0.5, 0.6) is 0 Å². The molecule has 0 heterocycles. The van der Waals surface area contributed by atoms with Crippen molar-refractivity contribution in [2.45, 2.75) is 6.42 Å². The highest BCUT2D eigenvalue weighted by atomic mass is 35.5. The van der Waals surface area contributed by atoms with Gasteiger partial charge in [0, 0.05) is 5.69 Å². The maximum Gasteiger partial charge on any atom is 0.228 e. The molecule has 1 fully saturated rings. The van der Waals surface area contributed by atoms with E-state index in [-0.39, 0.29) is 11.4 Å². The zero-order valence-electron chi connectivity index (χ0n) is 12.7. The normalized spacial score (nSPS) is 18.6. The van der Waals surface area contributed by atoms with Crippen molar-refractivity contribution in [1.29, 1.82) is 0 Å². The molecule has 130 valence electrons. The molecule has 0 bridgehead atoms. The van der Waals surface area contributed by atoms with Gasteiger partial charge >= 0.3 is 0 Å². The summed E-state index contributed by atoms with van der Waals surface area (Å²) >= 11 is 5.63. The van der Waals surface area contributed by atoms with Crippen molar-refractivity contribution < 1.29 is 22.8 Å². The predicted octanol–water partition coefficient (Wildman–Crippen LogP) is 3.97. The predicted molar refractivity (Wildman–Crippen MR) is 86.6 cm³/mol. The average Bonchev–Trinajstić information content (AvgIpc) is 3.35. The van der Waals surface area contributed by atoms with Crippen molar-refractivity contribution in [3.8, 4) is 0 Å². The van der Waals surface area contributed by atoms with Gasteiger partial charge in [-0.3, -0.25) is 9.59 Å². The van der Waals surface area contributed by atoms with Crippen LogP contribution in [0.1, 0.15) is 6.42 Å². The number of rotatable bonds is 4. The van der Waals surface area contributed by atoms with E-state index in [2.05, 4.69) is 10.6 Å². The SMILES string of the molecule is O=C(Nc1ccc(F)c(Cl)c1)C1CC1C(=O)Nc1c(F)cccc1F. The molecule has 2 aromatic rings. The molecule has 2 aromatic carbocycles. The number of carbonyl (C=O) groups excluding carboxylic acids is 2. The van der Waals surface area contributed by atoms with Crippen molar-refractivity contribution in [2.24, 2.45) is 11.8 Å². The number of amides is 2. The number of hydrogen-bond donors (Lipinski definition) is 2. The third-order valence-corrected chi connectivity index (χ3v) is 4.15. The summed E-state index contributed by atoms with van der Waals surface area (Å²) in [5.41, 5.74) is -0.244. The van der Waals surface area contributed by atoms with Crippen molar-refractivity contribution >= 4 is 34.8 Å². The Labute approximate surface area is 146 Å². The quantitative estimate of drug-likeness (QED) is 0.858. The monoisotopic (exact) mass is 368 g/mol. The van der Waals surface area contributed by atoms with Crippen LogP contribution >= 0.6 is 11.6 Å². The van der Waals surface area contributed by atoms with Gasteiger partial charge in [-0.15, -0.1) is 0 Å². The fraction of sp³-hybridized carbons (Fsp3) is 0.176. The largest absolute Gasteiger partial charge is 0.326 e. The van der Waals surface area contributed by atoms with Crippen LogP contribution < -0.4 is 10.6 Å². The number of carbonyl (C=O) groups is 2. The Morgan fingerprint density at radius 1 is 0.920 bits per heavy atom. The summed E-state index contributed by atoms with van der Waals surface area (Å²) in [5, 5.41) is 4.55. The number of benzene rings is 2. The summed E-state index contributed by atoms with van der Waals surface area (Å²) in [6.07, 6.45) is 0.253. The summed E-state index contributed by atoms with van der Waals surface area (Å²) in [5.74, 6) is -4.80. The lowest BCUT2D eigenvalue weighted by Gasteiger charge is -2.08. The molecule has 1 aliphatic carbocycles. The van der Waals surface area contributed by atoms with E-state index >= 15 is 0 Å². The Bertz CT molecular complexity index is 840. The van der Waals surface area contributed by atoms with Crippen molar-refractivity contribution in [2.75, 3.05) is 10.6 Å². The Morgan fingerprint density at radius 2 is 1.52 bits per heavy atom. The van der Waals surface area contributed by atoms with Gasteiger partial charge in [0.25, 0.3) is 0 Å². The van der Waals surface area contributed by atoms with Gasteiger partial charge in [0.1, 0.15) is 23.1 Å². The lowest BCUT2D eigenvalue weighted by molar-refractivity contribution is -0.122. The minimum Gasteiger partial charge on any atom is -0.326 e. The summed E-state index contributed by atoms with van der Waals surface area (Å²) in [7, 11) is 0. The fourth-order valence-electron chi connectivity index (χ4n) is 2.42. The zero-order valence-corrected chi connectivity index (χ0v) is 13.4. The second kappa shape index (κ2) is 6.76. The molecule has 0 saturated heterocycles. The lowest BCUT2D eigenvalue weighted by Crippen LogP contribution is -2.21. The van der Waals surface area contributed by atoms with E-state index in [1.807, 2.05) is 0 Å². The van der Waals surface area contributed by atoms with Gasteiger partial charge in [0.05, 0.1) is 16.9 Å². The highest BCUT2D eigenvalue weighted by Crippen LogP contribution is 2.40. The molecular formula is C17H12ClF3N2O2. The molecule has 2 N–H and O–H groups in total. The van der Waals surface area contributed by atoms with Crippen LogP contribution in [0, 0.1) is 29.3 Å². The summed E-state index contributed by atoms with van der Waals surface area (Å²) in [6, 6.07) is 6.92. The van der Waals surface area contributed by atoms with Crippen LogP contribution in [0.4, 0.5) is 24.5 Å². The van der Waals surface area contributed by atoms with Crippen LogP contribution in [0.2, 0.25) is 5.02 Å². The molecule has 0 aliphatic heterocycles. The number of nitrogens with one attached hydrogen (secondary N) is 2. The summed E-state index contributed by atoms with van der Waals surface area (Å²) in [4.78, 5) is 24.1. The van der Waals surface area contributed by atoms with Crippen molar-refractivity contribution in [1.82, 2.24) is 0 Å². The first-order valence-electron chi connectivity index (χ1n) is 7.37. The topological polar surface area (TPSA) is 58.2 Å². The molecular weight excluding hydrogens is 357 g/mol.